The third-order valence-corrected chi connectivity index (χ3v) is 4.79. The fourth-order valence-corrected chi connectivity index (χ4v) is 3.86. The molecular formula is C15H17N3S2. The van der Waals surface area contributed by atoms with Crippen molar-refractivity contribution in [2.24, 2.45) is 0 Å². The van der Waals surface area contributed by atoms with E-state index in [1.54, 1.807) is 11.3 Å². The largest absolute Gasteiger partial charge is 0.352 e. The van der Waals surface area contributed by atoms with Gasteiger partial charge in [-0.3, -0.25) is 4.98 Å². The van der Waals surface area contributed by atoms with Crippen molar-refractivity contribution in [3.8, 4) is 0 Å². The van der Waals surface area contributed by atoms with Crippen molar-refractivity contribution in [3.63, 3.8) is 0 Å². The van der Waals surface area contributed by atoms with Gasteiger partial charge in [-0.25, -0.2) is 0 Å². The maximum absolute atomic E-state index is 5.53. The van der Waals surface area contributed by atoms with Crippen LogP contribution in [0.3, 0.4) is 0 Å². The van der Waals surface area contributed by atoms with E-state index >= 15 is 0 Å². The molecular weight excluding hydrogens is 286 g/mol. The molecule has 0 aliphatic carbocycles. The lowest BCUT2D eigenvalue weighted by Gasteiger charge is -2.26. The lowest BCUT2D eigenvalue weighted by Crippen LogP contribution is -2.29. The van der Waals surface area contributed by atoms with Crippen molar-refractivity contribution in [3.05, 3.63) is 52.5 Å². The van der Waals surface area contributed by atoms with Crippen molar-refractivity contribution >= 4 is 28.7 Å². The van der Waals surface area contributed by atoms with Gasteiger partial charge < -0.3 is 10.2 Å². The second-order valence-electron chi connectivity index (χ2n) is 4.84. The smallest absolute Gasteiger partial charge is 0.170 e. The van der Waals surface area contributed by atoms with Crippen LogP contribution in [0.25, 0.3) is 0 Å². The average Bonchev–Trinajstić information content (AvgIpc) is 3.09. The zero-order chi connectivity index (χ0) is 13.9. The van der Waals surface area contributed by atoms with Crippen molar-refractivity contribution < 1.29 is 0 Å². The minimum absolute atomic E-state index is 0.133. The fraction of sp³-hybridized carbons (Fsp3) is 0.333. The molecule has 2 aromatic rings. The lowest BCUT2D eigenvalue weighted by atomic mass is 10.0. The molecule has 2 aromatic heterocycles. The molecule has 0 saturated carbocycles. The number of hydrogen-bond acceptors (Lipinski definition) is 3. The third kappa shape index (κ3) is 2.43. The second kappa shape index (κ2) is 5.89. The zero-order valence-electron chi connectivity index (χ0n) is 11.3. The van der Waals surface area contributed by atoms with Crippen LogP contribution in [0.5, 0.6) is 0 Å². The summed E-state index contributed by atoms with van der Waals surface area (Å²) in [6.07, 6.45) is 2.92. The van der Waals surface area contributed by atoms with Crippen molar-refractivity contribution in [2.75, 3.05) is 6.54 Å². The number of pyridine rings is 1. The van der Waals surface area contributed by atoms with Gasteiger partial charge in [-0.1, -0.05) is 19.1 Å². The molecule has 1 saturated heterocycles. The van der Waals surface area contributed by atoms with Crippen molar-refractivity contribution in [1.82, 2.24) is 15.2 Å². The van der Waals surface area contributed by atoms with E-state index in [1.807, 2.05) is 18.3 Å². The summed E-state index contributed by atoms with van der Waals surface area (Å²) in [5.74, 6) is 0. The van der Waals surface area contributed by atoms with Crippen molar-refractivity contribution in [1.29, 1.82) is 0 Å². The van der Waals surface area contributed by atoms with E-state index in [9.17, 15) is 0 Å². The number of hydrogen-bond donors (Lipinski definition) is 1. The standard InChI is InChI=1S/C15H17N3S2/c1-2-9-18-14(12-7-5-10-20-12)13(17-15(18)19)11-6-3-4-8-16-11/h3-8,10,13-14H,2,9H2,1H3,(H,17,19)/t13-,14+/m0/s1. The molecule has 3 heterocycles. The Morgan fingerprint density at radius 2 is 2.25 bits per heavy atom. The monoisotopic (exact) mass is 303 g/mol. The minimum atomic E-state index is 0.133. The highest BCUT2D eigenvalue weighted by Crippen LogP contribution is 2.40. The molecule has 1 fully saturated rings. The Balaban J connectivity index is 1.99. The predicted octanol–water partition coefficient (Wildman–Crippen LogP) is 3.53. The summed E-state index contributed by atoms with van der Waals surface area (Å²) in [6.45, 7) is 3.15. The molecule has 1 aliphatic rings. The molecule has 3 rings (SSSR count). The van der Waals surface area contributed by atoms with Gasteiger partial charge in [0.05, 0.1) is 17.8 Å². The average molecular weight is 303 g/mol. The molecule has 0 aromatic carbocycles. The molecule has 104 valence electrons. The van der Waals surface area contributed by atoms with Gasteiger partial charge in [0.2, 0.25) is 0 Å². The third-order valence-electron chi connectivity index (χ3n) is 3.50. The number of nitrogens with zero attached hydrogens (tertiary/aromatic N) is 2. The first-order valence-electron chi connectivity index (χ1n) is 6.82. The van der Waals surface area contributed by atoms with Gasteiger partial charge in [-0.2, -0.15) is 0 Å². The lowest BCUT2D eigenvalue weighted by molar-refractivity contribution is 0.322. The van der Waals surface area contributed by atoms with E-state index in [-0.39, 0.29) is 12.1 Å². The summed E-state index contributed by atoms with van der Waals surface area (Å²) in [4.78, 5) is 8.13. The molecule has 20 heavy (non-hydrogen) atoms. The Labute approximate surface area is 128 Å². The molecule has 5 heteroatoms. The van der Waals surface area contributed by atoms with Crippen LogP contribution in [0.1, 0.15) is 36.0 Å². The van der Waals surface area contributed by atoms with Crippen LogP contribution in [-0.2, 0) is 0 Å². The molecule has 0 amide bonds. The van der Waals surface area contributed by atoms with E-state index < -0.39 is 0 Å². The Hall–Kier alpha value is -1.46. The number of aromatic nitrogens is 1. The highest BCUT2D eigenvalue weighted by atomic mass is 32.1. The van der Waals surface area contributed by atoms with Gasteiger partial charge >= 0.3 is 0 Å². The van der Waals surface area contributed by atoms with E-state index in [2.05, 4.69) is 45.7 Å². The van der Waals surface area contributed by atoms with Gasteiger partial charge in [-0.15, -0.1) is 11.3 Å². The normalized spacial score (nSPS) is 22.1. The first kappa shape index (κ1) is 13.5. The topological polar surface area (TPSA) is 28.2 Å². The summed E-state index contributed by atoms with van der Waals surface area (Å²) in [5, 5.41) is 6.40. The summed E-state index contributed by atoms with van der Waals surface area (Å²) >= 11 is 7.31. The first-order valence-corrected chi connectivity index (χ1v) is 8.11. The Bertz CT molecular complexity index is 568. The quantitative estimate of drug-likeness (QED) is 0.875. The van der Waals surface area contributed by atoms with Gasteiger partial charge in [0.15, 0.2) is 5.11 Å². The Morgan fingerprint density at radius 3 is 2.90 bits per heavy atom. The summed E-state index contributed by atoms with van der Waals surface area (Å²) in [7, 11) is 0. The van der Waals surface area contributed by atoms with E-state index in [1.165, 1.54) is 4.88 Å². The summed E-state index contributed by atoms with van der Waals surface area (Å²) in [6, 6.07) is 10.7. The Kier molecular flexibility index (Phi) is 3.98. The van der Waals surface area contributed by atoms with E-state index in [0.29, 0.717) is 0 Å². The van der Waals surface area contributed by atoms with Gasteiger partial charge in [0.25, 0.3) is 0 Å². The highest BCUT2D eigenvalue weighted by molar-refractivity contribution is 7.80. The molecule has 0 spiro atoms. The number of nitrogens with one attached hydrogen (secondary N) is 1. The molecule has 2 atom stereocenters. The number of rotatable bonds is 4. The molecule has 0 bridgehead atoms. The molecule has 0 unspecified atom stereocenters. The summed E-state index contributed by atoms with van der Waals surface area (Å²) < 4.78 is 0. The molecule has 1 aliphatic heterocycles. The number of thiocarbonyl (C=S) groups is 1. The van der Waals surface area contributed by atoms with Crippen LogP contribution in [0, 0.1) is 0 Å². The second-order valence-corrected chi connectivity index (χ2v) is 6.20. The van der Waals surface area contributed by atoms with Crippen molar-refractivity contribution in [2.45, 2.75) is 25.4 Å². The van der Waals surface area contributed by atoms with Crippen LogP contribution in [0.2, 0.25) is 0 Å². The Morgan fingerprint density at radius 1 is 1.35 bits per heavy atom. The maximum atomic E-state index is 5.53. The fourth-order valence-electron chi connectivity index (χ4n) is 2.66. The van der Waals surface area contributed by atoms with E-state index in [0.717, 1.165) is 23.8 Å². The SMILES string of the molecule is CCCN1C(=S)N[C@@H](c2ccccn2)[C@H]1c1cccs1. The van der Waals surface area contributed by atoms with Crippen LogP contribution in [0.15, 0.2) is 41.9 Å². The van der Waals surface area contributed by atoms with Gasteiger partial charge in [0, 0.05) is 17.6 Å². The number of thiophene rings is 1. The highest BCUT2D eigenvalue weighted by Gasteiger charge is 2.39. The molecule has 1 N–H and O–H groups in total. The van der Waals surface area contributed by atoms with Gasteiger partial charge in [-0.05, 0) is 42.2 Å². The van der Waals surface area contributed by atoms with Crippen LogP contribution >= 0.6 is 23.6 Å². The minimum Gasteiger partial charge on any atom is -0.352 e. The predicted molar refractivity (Wildman–Crippen MR) is 86.8 cm³/mol. The first-order chi connectivity index (χ1) is 9.81. The molecule has 0 radical (unpaired) electrons. The van der Waals surface area contributed by atoms with Crippen LogP contribution in [-0.4, -0.2) is 21.5 Å². The van der Waals surface area contributed by atoms with Crippen LogP contribution in [0.4, 0.5) is 0 Å². The summed E-state index contributed by atoms with van der Waals surface area (Å²) in [5.41, 5.74) is 1.05. The maximum Gasteiger partial charge on any atom is 0.170 e. The van der Waals surface area contributed by atoms with Crippen LogP contribution < -0.4 is 5.32 Å². The van der Waals surface area contributed by atoms with Gasteiger partial charge in [0.1, 0.15) is 0 Å². The molecule has 3 nitrogen and oxygen atoms in total. The zero-order valence-corrected chi connectivity index (χ0v) is 13.0. The van der Waals surface area contributed by atoms with E-state index in [4.69, 9.17) is 12.2 Å².